The molecule has 112 valence electrons. The molecular weight excluding hydrogens is 276 g/mol. The predicted molar refractivity (Wildman–Crippen MR) is 83.3 cm³/mol. The molecule has 1 aromatic carbocycles. The molecule has 0 aromatic heterocycles. The fourth-order valence-electron chi connectivity index (χ4n) is 1.88. The van der Waals surface area contributed by atoms with Gasteiger partial charge in [-0.05, 0) is 50.4 Å². The zero-order chi connectivity index (χ0) is 15.0. The van der Waals surface area contributed by atoms with Crippen LogP contribution in [0.4, 0.5) is 5.69 Å². The van der Waals surface area contributed by atoms with Gasteiger partial charge in [-0.25, -0.2) is 0 Å². The minimum Gasteiger partial charge on any atom is -0.492 e. The van der Waals surface area contributed by atoms with Gasteiger partial charge in [0.25, 0.3) is 0 Å². The lowest BCUT2D eigenvalue weighted by Gasteiger charge is -2.11. The van der Waals surface area contributed by atoms with Gasteiger partial charge in [0.05, 0.1) is 11.6 Å². The quantitative estimate of drug-likeness (QED) is 0.772. The van der Waals surface area contributed by atoms with Gasteiger partial charge in [-0.3, -0.25) is 4.79 Å². The number of halogens is 1. The number of nitrogens with two attached hydrogens (primary N) is 1. The van der Waals surface area contributed by atoms with Crippen LogP contribution in [0.2, 0.25) is 5.02 Å². The molecule has 0 saturated carbocycles. The molecule has 0 fully saturated rings. The molecule has 0 saturated heterocycles. The van der Waals surface area contributed by atoms with Gasteiger partial charge in [0, 0.05) is 12.1 Å². The summed E-state index contributed by atoms with van der Waals surface area (Å²) in [5, 5.41) is 3.34. The van der Waals surface area contributed by atoms with E-state index in [9.17, 15) is 4.79 Å². The summed E-state index contributed by atoms with van der Waals surface area (Å²) in [5.41, 5.74) is 6.18. The Bertz CT molecular complexity index is 438. The number of hydrogen-bond acceptors (Lipinski definition) is 3. The average molecular weight is 299 g/mol. The topological polar surface area (TPSA) is 64.3 Å². The zero-order valence-electron chi connectivity index (χ0n) is 12.1. The van der Waals surface area contributed by atoms with Crippen LogP contribution in [0.1, 0.15) is 33.1 Å². The first-order valence-electron chi connectivity index (χ1n) is 6.99. The van der Waals surface area contributed by atoms with Crippen molar-refractivity contribution >= 4 is 23.2 Å². The number of anilines is 1. The maximum absolute atomic E-state index is 11.8. The molecular formula is C15H23ClN2O2. The third-order valence-electron chi connectivity index (χ3n) is 3.04. The van der Waals surface area contributed by atoms with Gasteiger partial charge in [-0.2, -0.15) is 0 Å². The lowest BCUT2D eigenvalue weighted by molar-refractivity contribution is -0.116. The molecule has 0 aliphatic carbocycles. The fraction of sp³-hybridized carbons (Fsp3) is 0.533. The highest BCUT2D eigenvalue weighted by Gasteiger charge is 2.08. The molecule has 1 atom stereocenters. The number of nitrogens with one attached hydrogen (secondary N) is 1. The molecule has 20 heavy (non-hydrogen) atoms. The molecule has 0 radical (unpaired) electrons. The number of rotatable bonds is 8. The second-order valence-electron chi connectivity index (χ2n) is 4.85. The number of ether oxygens (including phenoxy) is 1. The maximum Gasteiger partial charge on any atom is 0.224 e. The average Bonchev–Trinajstić information content (AvgIpc) is 2.40. The van der Waals surface area contributed by atoms with E-state index in [-0.39, 0.29) is 5.91 Å². The summed E-state index contributed by atoms with van der Waals surface area (Å²) in [6.45, 7) is 5.23. The van der Waals surface area contributed by atoms with Crippen molar-refractivity contribution in [3.05, 3.63) is 23.2 Å². The first-order chi connectivity index (χ1) is 9.56. The second kappa shape index (κ2) is 8.82. The van der Waals surface area contributed by atoms with Gasteiger partial charge in [-0.15, -0.1) is 0 Å². The Labute approximate surface area is 125 Å². The van der Waals surface area contributed by atoms with Crippen LogP contribution in [0.3, 0.4) is 0 Å². The van der Waals surface area contributed by atoms with E-state index in [0.717, 1.165) is 12.8 Å². The van der Waals surface area contributed by atoms with Crippen LogP contribution in [-0.4, -0.2) is 19.1 Å². The summed E-state index contributed by atoms with van der Waals surface area (Å²) in [4.78, 5) is 11.8. The molecule has 0 aliphatic heterocycles. The van der Waals surface area contributed by atoms with Crippen molar-refractivity contribution in [2.75, 3.05) is 18.5 Å². The summed E-state index contributed by atoms with van der Waals surface area (Å²) in [6.07, 6.45) is 2.28. The Morgan fingerprint density at radius 3 is 2.80 bits per heavy atom. The van der Waals surface area contributed by atoms with Crippen molar-refractivity contribution in [3.8, 4) is 5.75 Å². The fourth-order valence-corrected chi connectivity index (χ4v) is 2.12. The minimum atomic E-state index is -0.00546. The lowest BCUT2D eigenvalue weighted by Crippen LogP contribution is -2.14. The molecule has 0 bridgehead atoms. The number of benzene rings is 1. The Balaban J connectivity index is 2.47. The van der Waals surface area contributed by atoms with Crippen LogP contribution in [0.15, 0.2) is 18.2 Å². The van der Waals surface area contributed by atoms with E-state index < -0.39 is 0 Å². The Kier molecular flexibility index (Phi) is 7.41. The van der Waals surface area contributed by atoms with Crippen molar-refractivity contribution in [3.63, 3.8) is 0 Å². The molecule has 0 heterocycles. The summed E-state index contributed by atoms with van der Waals surface area (Å²) in [7, 11) is 0. The van der Waals surface area contributed by atoms with E-state index in [1.807, 2.05) is 6.92 Å². The second-order valence-corrected chi connectivity index (χ2v) is 5.25. The summed E-state index contributed by atoms with van der Waals surface area (Å²) in [6, 6.07) is 5.25. The smallest absolute Gasteiger partial charge is 0.224 e. The number of hydrogen-bond donors (Lipinski definition) is 2. The third kappa shape index (κ3) is 5.80. The van der Waals surface area contributed by atoms with E-state index in [1.54, 1.807) is 18.2 Å². The van der Waals surface area contributed by atoms with Gasteiger partial charge < -0.3 is 15.8 Å². The molecule has 0 spiro atoms. The third-order valence-corrected chi connectivity index (χ3v) is 3.33. The molecule has 1 unspecified atom stereocenters. The maximum atomic E-state index is 11.8. The molecule has 1 rings (SSSR count). The summed E-state index contributed by atoms with van der Waals surface area (Å²) in [5.74, 6) is 1.09. The summed E-state index contributed by atoms with van der Waals surface area (Å²) < 4.78 is 5.35. The van der Waals surface area contributed by atoms with E-state index in [4.69, 9.17) is 22.1 Å². The Hall–Kier alpha value is -1.26. The van der Waals surface area contributed by atoms with Gasteiger partial charge in [0.2, 0.25) is 5.91 Å². The predicted octanol–water partition coefficient (Wildman–Crippen LogP) is 3.44. The van der Waals surface area contributed by atoms with Crippen molar-refractivity contribution in [2.45, 2.75) is 33.1 Å². The van der Waals surface area contributed by atoms with Crippen molar-refractivity contribution in [1.29, 1.82) is 0 Å². The number of amides is 1. The highest BCUT2D eigenvalue weighted by atomic mass is 35.5. The van der Waals surface area contributed by atoms with Gasteiger partial charge in [0.15, 0.2) is 0 Å². The van der Waals surface area contributed by atoms with Crippen LogP contribution in [-0.2, 0) is 4.79 Å². The van der Waals surface area contributed by atoms with E-state index in [0.29, 0.717) is 41.9 Å². The summed E-state index contributed by atoms with van der Waals surface area (Å²) >= 11 is 6.07. The lowest BCUT2D eigenvalue weighted by atomic mass is 10.0. The van der Waals surface area contributed by atoms with Crippen LogP contribution in [0.25, 0.3) is 0 Å². The molecule has 5 heteroatoms. The minimum absolute atomic E-state index is 0.00546. The van der Waals surface area contributed by atoms with Crippen molar-refractivity contribution in [2.24, 2.45) is 11.7 Å². The molecule has 3 N–H and O–H groups in total. The van der Waals surface area contributed by atoms with Crippen molar-refractivity contribution in [1.82, 2.24) is 0 Å². The molecule has 0 aliphatic rings. The monoisotopic (exact) mass is 298 g/mol. The highest BCUT2D eigenvalue weighted by molar-refractivity contribution is 6.32. The first-order valence-corrected chi connectivity index (χ1v) is 7.36. The highest BCUT2D eigenvalue weighted by Crippen LogP contribution is 2.27. The SMILES string of the molecule is CCOc1ccc(NC(=O)CCC(C)CCN)cc1Cl. The standard InChI is InChI=1S/C15H23ClN2O2/c1-3-20-14-6-5-12(10-13(14)16)18-15(19)7-4-11(2)8-9-17/h5-6,10-11H,3-4,7-9,17H2,1-2H3,(H,18,19). The van der Waals surface area contributed by atoms with Crippen LogP contribution >= 0.6 is 11.6 Å². The van der Waals surface area contributed by atoms with Crippen LogP contribution in [0, 0.1) is 5.92 Å². The Morgan fingerprint density at radius 2 is 2.20 bits per heavy atom. The van der Waals surface area contributed by atoms with Gasteiger partial charge in [0.1, 0.15) is 5.75 Å². The molecule has 1 amide bonds. The van der Waals surface area contributed by atoms with Crippen molar-refractivity contribution < 1.29 is 9.53 Å². The number of carbonyl (C=O) groups excluding carboxylic acids is 1. The van der Waals surface area contributed by atoms with E-state index in [2.05, 4.69) is 12.2 Å². The van der Waals surface area contributed by atoms with E-state index in [1.165, 1.54) is 0 Å². The first kappa shape index (κ1) is 16.8. The molecule has 4 nitrogen and oxygen atoms in total. The van der Waals surface area contributed by atoms with Gasteiger partial charge in [-0.1, -0.05) is 18.5 Å². The normalized spacial score (nSPS) is 12.0. The largest absolute Gasteiger partial charge is 0.492 e. The zero-order valence-corrected chi connectivity index (χ0v) is 12.9. The Morgan fingerprint density at radius 1 is 1.45 bits per heavy atom. The van der Waals surface area contributed by atoms with Crippen LogP contribution in [0.5, 0.6) is 5.75 Å². The van der Waals surface area contributed by atoms with E-state index >= 15 is 0 Å². The van der Waals surface area contributed by atoms with Gasteiger partial charge >= 0.3 is 0 Å². The van der Waals surface area contributed by atoms with Crippen LogP contribution < -0.4 is 15.8 Å². The molecule has 1 aromatic rings. The number of carbonyl (C=O) groups is 1.